The highest BCUT2D eigenvalue weighted by Crippen LogP contribution is 2.37. The Bertz CT molecular complexity index is 315. The number of amides is 2. The van der Waals surface area contributed by atoms with Gasteiger partial charge in [-0.3, -0.25) is 14.5 Å². The van der Waals surface area contributed by atoms with Gasteiger partial charge in [0.15, 0.2) is 0 Å². The van der Waals surface area contributed by atoms with Crippen LogP contribution < -0.4 is 0 Å². The Hall–Kier alpha value is -0.900. The smallest absolute Gasteiger partial charge is 0.233 e. The summed E-state index contributed by atoms with van der Waals surface area (Å²) in [6.45, 7) is 7.93. The van der Waals surface area contributed by atoms with Crippen LogP contribution in [0.3, 0.4) is 0 Å². The summed E-state index contributed by atoms with van der Waals surface area (Å²) in [5, 5.41) is 0. The summed E-state index contributed by atoms with van der Waals surface area (Å²) < 4.78 is 0. The average molecular weight is 266 g/mol. The Morgan fingerprint density at radius 2 is 1.58 bits per heavy atom. The number of likely N-dealkylation sites (tertiary alicyclic amines) is 1. The summed E-state index contributed by atoms with van der Waals surface area (Å²) in [6, 6.07) is 0. The van der Waals surface area contributed by atoms with Crippen LogP contribution in [0.2, 0.25) is 0 Å². The van der Waals surface area contributed by atoms with Crippen molar-refractivity contribution in [2.75, 3.05) is 26.2 Å². The van der Waals surface area contributed by atoms with Crippen LogP contribution in [0.25, 0.3) is 0 Å². The lowest BCUT2D eigenvalue weighted by molar-refractivity contribution is -0.140. The first-order valence-electron chi connectivity index (χ1n) is 7.76. The van der Waals surface area contributed by atoms with Crippen molar-refractivity contribution in [3.05, 3.63) is 0 Å². The molecule has 4 nitrogen and oxygen atoms in total. The first-order valence-corrected chi connectivity index (χ1v) is 7.76. The van der Waals surface area contributed by atoms with Crippen molar-refractivity contribution >= 4 is 11.8 Å². The van der Waals surface area contributed by atoms with Gasteiger partial charge in [-0.2, -0.15) is 0 Å². The SMILES string of the molecule is CCN(CC)CCCN1C(=O)C2CCCCC2C1=O. The van der Waals surface area contributed by atoms with Gasteiger partial charge < -0.3 is 4.90 Å². The van der Waals surface area contributed by atoms with Crippen LogP contribution in [-0.4, -0.2) is 47.8 Å². The highest BCUT2D eigenvalue weighted by atomic mass is 16.2. The molecule has 108 valence electrons. The van der Waals surface area contributed by atoms with E-state index in [1.54, 1.807) is 4.90 Å². The number of fused-ring (bicyclic) bond motifs is 1. The first-order chi connectivity index (χ1) is 9.19. The van der Waals surface area contributed by atoms with Crippen molar-refractivity contribution in [1.29, 1.82) is 0 Å². The van der Waals surface area contributed by atoms with Crippen molar-refractivity contribution in [3.8, 4) is 0 Å². The summed E-state index contributed by atoms with van der Waals surface area (Å²) in [5.74, 6) is 0.230. The molecule has 19 heavy (non-hydrogen) atoms. The van der Waals surface area contributed by atoms with Crippen molar-refractivity contribution in [3.63, 3.8) is 0 Å². The average Bonchev–Trinajstić information content (AvgIpc) is 2.69. The van der Waals surface area contributed by atoms with Crippen LogP contribution in [0.15, 0.2) is 0 Å². The highest BCUT2D eigenvalue weighted by Gasteiger charge is 2.47. The molecule has 1 heterocycles. The van der Waals surface area contributed by atoms with Crippen molar-refractivity contribution in [1.82, 2.24) is 9.80 Å². The summed E-state index contributed by atoms with van der Waals surface area (Å²) in [4.78, 5) is 28.4. The second-order valence-corrected chi connectivity index (χ2v) is 5.71. The van der Waals surface area contributed by atoms with Gasteiger partial charge in [0.1, 0.15) is 0 Å². The quantitative estimate of drug-likeness (QED) is 0.689. The number of nitrogens with zero attached hydrogens (tertiary/aromatic N) is 2. The Morgan fingerprint density at radius 3 is 2.05 bits per heavy atom. The van der Waals surface area contributed by atoms with Crippen molar-refractivity contribution in [2.45, 2.75) is 46.0 Å². The largest absolute Gasteiger partial charge is 0.304 e. The normalized spacial score (nSPS) is 27.2. The minimum atomic E-state index is 0.00898. The molecule has 2 amide bonds. The summed E-state index contributed by atoms with van der Waals surface area (Å²) >= 11 is 0. The van der Waals surface area contributed by atoms with Gasteiger partial charge in [-0.25, -0.2) is 0 Å². The Kier molecular flexibility index (Phi) is 4.97. The van der Waals surface area contributed by atoms with Crippen LogP contribution in [0.5, 0.6) is 0 Å². The van der Waals surface area contributed by atoms with E-state index in [9.17, 15) is 9.59 Å². The van der Waals surface area contributed by atoms with Gasteiger partial charge in [0.2, 0.25) is 11.8 Å². The number of hydrogen-bond acceptors (Lipinski definition) is 3. The molecule has 0 radical (unpaired) electrons. The van der Waals surface area contributed by atoms with E-state index in [1.807, 2.05) is 0 Å². The standard InChI is InChI=1S/C15H26N2O2/c1-3-16(4-2)10-7-11-17-14(18)12-8-5-6-9-13(12)15(17)19/h12-13H,3-11H2,1-2H3. The number of carbonyl (C=O) groups is 2. The van der Waals surface area contributed by atoms with E-state index >= 15 is 0 Å². The molecule has 0 aromatic carbocycles. The maximum absolute atomic E-state index is 12.3. The molecule has 1 aliphatic heterocycles. The Labute approximate surface area is 116 Å². The topological polar surface area (TPSA) is 40.6 Å². The van der Waals surface area contributed by atoms with Crippen LogP contribution in [-0.2, 0) is 9.59 Å². The molecule has 0 spiro atoms. The molecule has 0 N–H and O–H groups in total. The zero-order valence-corrected chi connectivity index (χ0v) is 12.2. The fourth-order valence-corrected chi connectivity index (χ4v) is 3.44. The molecule has 1 aliphatic carbocycles. The van der Waals surface area contributed by atoms with E-state index in [2.05, 4.69) is 18.7 Å². The molecule has 2 aliphatic rings. The van der Waals surface area contributed by atoms with Crippen LogP contribution in [0, 0.1) is 11.8 Å². The lowest BCUT2D eigenvalue weighted by Gasteiger charge is -2.20. The van der Waals surface area contributed by atoms with Gasteiger partial charge in [-0.15, -0.1) is 0 Å². The predicted octanol–water partition coefficient (Wildman–Crippen LogP) is 1.89. The van der Waals surface area contributed by atoms with Crippen LogP contribution in [0.4, 0.5) is 0 Å². The fraction of sp³-hybridized carbons (Fsp3) is 0.867. The van der Waals surface area contributed by atoms with Crippen LogP contribution in [0.1, 0.15) is 46.0 Å². The van der Waals surface area contributed by atoms with E-state index in [-0.39, 0.29) is 23.7 Å². The molecule has 2 atom stereocenters. The lowest BCUT2D eigenvalue weighted by atomic mass is 9.81. The molecule has 1 saturated carbocycles. The molecule has 4 heteroatoms. The highest BCUT2D eigenvalue weighted by molar-refractivity contribution is 6.05. The molecular formula is C15H26N2O2. The van der Waals surface area contributed by atoms with E-state index in [0.717, 1.165) is 51.7 Å². The second-order valence-electron chi connectivity index (χ2n) is 5.71. The number of rotatable bonds is 6. The van der Waals surface area contributed by atoms with Crippen LogP contribution >= 0.6 is 0 Å². The molecular weight excluding hydrogens is 240 g/mol. The van der Waals surface area contributed by atoms with E-state index < -0.39 is 0 Å². The van der Waals surface area contributed by atoms with Crippen molar-refractivity contribution < 1.29 is 9.59 Å². The summed E-state index contributed by atoms with van der Waals surface area (Å²) in [6.07, 6.45) is 4.95. The monoisotopic (exact) mass is 266 g/mol. The third-order valence-corrected chi connectivity index (χ3v) is 4.68. The van der Waals surface area contributed by atoms with E-state index in [1.165, 1.54) is 0 Å². The fourth-order valence-electron chi connectivity index (χ4n) is 3.44. The van der Waals surface area contributed by atoms with Gasteiger partial charge >= 0.3 is 0 Å². The number of hydrogen-bond donors (Lipinski definition) is 0. The maximum atomic E-state index is 12.3. The minimum absolute atomic E-state index is 0.00898. The zero-order chi connectivity index (χ0) is 13.8. The lowest BCUT2D eigenvalue weighted by Crippen LogP contribution is -2.34. The Balaban J connectivity index is 1.86. The molecule has 2 rings (SSSR count). The van der Waals surface area contributed by atoms with Crippen molar-refractivity contribution in [2.24, 2.45) is 11.8 Å². The molecule has 0 bridgehead atoms. The summed E-state index contributed by atoms with van der Waals surface area (Å²) in [7, 11) is 0. The zero-order valence-electron chi connectivity index (χ0n) is 12.2. The molecule has 0 aromatic heterocycles. The Morgan fingerprint density at radius 1 is 1.05 bits per heavy atom. The van der Waals surface area contributed by atoms with Gasteiger partial charge in [0.25, 0.3) is 0 Å². The number of carbonyl (C=O) groups excluding carboxylic acids is 2. The third-order valence-electron chi connectivity index (χ3n) is 4.68. The predicted molar refractivity (Wildman–Crippen MR) is 74.6 cm³/mol. The van der Waals surface area contributed by atoms with Gasteiger partial charge in [0.05, 0.1) is 11.8 Å². The molecule has 2 fully saturated rings. The molecule has 0 aromatic rings. The van der Waals surface area contributed by atoms with Gasteiger partial charge in [-0.1, -0.05) is 26.7 Å². The third kappa shape index (κ3) is 2.99. The molecule has 2 unspecified atom stereocenters. The summed E-state index contributed by atoms with van der Waals surface area (Å²) in [5.41, 5.74) is 0. The maximum Gasteiger partial charge on any atom is 0.233 e. The van der Waals surface area contributed by atoms with Gasteiger partial charge in [-0.05, 0) is 38.9 Å². The van der Waals surface area contributed by atoms with E-state index in [4.69, 9.17) is 0 Å². The molecule has 1 saturated heterocycles. The van der Waals surface area contributed by atoms with Gasteiger partial charge in [0, 0.05) is 6.54 Å². The number of imide groups is 1. The minimum Gasteiger partial charge on any atom is -0.304 e. The second kappa shape index (κ2) is 6.51. The van der Waals surface area contributed by atoms with E-state index in [0.29, 0.717) is 6.54 Å². The first kappa shape index (κ1) is 14.5.